The minimum absolute atomic E-state index is 0.339. The summed E-state index contributed by atoms with van der Waals surface area (Å²) >= 11 is 0. The number of nitrogens with zero attached hydrogens (tertiary/aromatic N) is 2. The number of rotatable bonds is 7. The highest BCUT2D eigenvalue weighted by Gasteiger charge is 2.32. The van der Waals surface area contributed by atoms with E-state index < -0.39 is 0 Å². The lowest BCUT2D eigenvalue weighted by Crippen LogP contribution is -2.43. The van der Waals surface area contributed by atoms with Gasteiger partial charge in [-0.3, -0.25) is 4.90 Å². The zero-order valence-electron chi connectivity index (χ0n) is 13.5. The summed E-state index contributed by atoms with van der Waals surface area (Å²) in [4.78, 5) is 2.30. The average molecular weight is 298 g/mol. The van der Waals surface area contributed by atoms with E-state index in [0.717, 1.165) is 25.1 Å². The van der Waals surface area contributed by atoms with Gasteiger partial charge in [0.15, 0.2) is 0 Å². The van der Waals surface area contributed by atoms with Crippen LogP contribution in [-0.2, 0) is 11.3 Å². The summed E-state index contributed by atoms with van der Waals surface area (Å²) in [5.41, 5.74) is 1.25. The average Bonchev–Trinajstić information content (AvgIpc) is 2.56. The Bertz CT molecular complexity index is 506. The summed E-state index contributed by atoms with van der Waals surface area (Å²) in [6, 6.07) is 13.1. The van der Waals surface area contributed by atoms with E-state index in [9.17, 15) is 5.26 Å². The Morgan fingerprint density at radius 2 is 2.05 bits per heavy atom. The first kappa shape index (κ1) is 16.6. The Hall–Kier alpha value is -1.79. The molecule has 0 heterocycles. The van der Waals surface area contributed by atoms with Gasteiger partial charge in [0, 0.05) is 18.5 Å². The molecule has 0 aliphatic heterocycles. The van der Waals surface area contributed by atoms with Crippen LogP contribution in [0.2, 0.25) is 0 Å². The van der Waals surface area contributed by atoms with Crippen molar-refractivity contribution in [1.29, 1.82) is 5.26 Å². The lowest BCUT2D eigenvalue weighted by molar-refractivity contribution is 0.0820. The monoisotopic (exact) mass is 298 g/mol. The molecule has 0 aromatic heterocycles. The van der Waals surface area contributed by atoms with E-state index in [1.807, 2.05) is 13.0 Å². The summed E-state index contributed by atoms with van der Waals surface area (Å²) in [6.45, 7) is 8.07. The van der Waals surface area contributed by atoms with Crippen LogP contribution in [0.15, 0.2) is 42.7 Å². The van der Waals surface area contributed by atoms with Crippen molar-refractivity contribution < 1.29 is 4.74 Å². The smallest absolute Gasteiger partial charge is 0.0934 e. The second-order valence-electron chi connectivity index (χ2n) is 5.91. The van der Waals surface area contributed by atoms with Crippen molar-refractivity contribution in [2.75, 3.05) is 13.2 Å². The zero-order chi connectivity index (χ0) is 15.8. The molecule has 1 aromatic rings. The summed E-state index contributed by atoms with van der Waals surface area (Å²) in [6.07, 6.45) is 4.67. The quantitative estimate of drug-likeness (QED) is 0.561. The summed E-state index contributed by atoms with van der Waals surface area (Å²) < 4.78 is 5.69. The molecule has 22 heavy (non-hydrogen) atoms. The Labute approximate surface area is 134 Å². The molecule has 1 aliphatic rings. The van der Waals surface area contributed by atoms with E-state index in [4.69, 9.17) is 4.74 Å². The Morgan fingerprint density at radius 3 is 2.73 bits per heavy atom. The van der Waals surface area contributed by atoms with Crippen molar-refractivity contribution >= 4 is 0 Å². The number of nitriles is 1. The van der Waals surface area contributed by atoms with Crippen LogP contribution >= 0.6 is 0 Å². The van der Waals surface area contributed by atoms with Gasteiger partial charge >= 0.3 is 0 Å². The first-order valence-corrected chi connectivity index (χ1v) is 8.22. The predicted molar refractivity (Wildman–Crippen MR) is 89.0 cm³/mol. The number of benzene rings is 1. The lowest BCUT2D eigenvalue weighted by atomic mass is 9.82. The normalized spacial score (nSPS) is 21.3. The van der Waals surface area contributed by atoms with Crippen LogP contribution in [0.25, 0.3) is 0 Å². The fourth-order valence-corrected chi connectivity index (χ4v) is 3.42. The van der Waals surface area contributed by atoms with Crippen LogP contribution in [0.3, 0.4) is 0 Å². The second kappa shape index (κ2) is 8.60. The van der Waals surface area contributed by atoms with Crippen LogP contribution in [0.1, 0.15) is 38.2 Å². The number of ether oxygens (including phenoxy) is 1. The maximum absolute atomic E-state index is 9.23. The molecule has 0 spiro atoms. The third-order valence-electron chi connectivity index (χ3n) is 4.44. The number of hydrogen-bond donors (Lipinski definition) is 0. The molecule has 2 rings (SSSR count). The molecule has 1 aliphatic carbocycles. The molecule has 1 fully saturated rings. The highest BCUT2D eigenvalue weighted by molar-refractivity contribution is 5.15. The van der Waals surface area contributed by atoms with Gasteiger partial charge in [0.1, 0.15) is 0 Å². The molecular formula is C19H26N2O. The van der Waals surface area contributed by atoms with Gasteiger partial charge in [0.2, 0.25) is 0 Å². The molecule has 3 nitrogen and oxygen atoms in total. The van der Waals surface area contributed by atoms with Crippen molar-refractivity contribution in [3.8, 4) is 6.07 Å². The van der Waals surface area contributed by atoms with Crippen LogP contribution < -0.4 is 0 Å². The molecule has 0 radical (unpaired) electrons. The third-order valence-corrected chi connectivity index (χ3v) is 4.44. The first-order chi connectivity index (χ1) is 10.8. The van der Waals surface area contributed by atoms with E-state index in [1.165, 1.54) is 18.4 Å². The fourth-order valence-electron chi connectivity index (χ4n) is 3.42. The van der Waals surface area contributed by atoms with Crippen molar-refractivity contribution in [1.82, 2.24) is 4.90 Å². The fraction of sp³-hybridized carbons (Fsp3) is 0.526. The van der Waals surface area contributed by atoms with E-state index in [2.05, 4.69) is 41.8 Å². The van der Waals surface area contributed by atoms with Crippen molar-refractivity contribution in [2.24, 2.45) is 5.92 Å². The molecule has 0 N–H and O–H groups in total. The Morgan fingerprint density at radius 1 is 1.32 bits per heavy atom. The molecule has 0 bridgehead atoms. The van der Waals surface area contributed by atoms with Gasteiger partial charge in [-0.15, -0.1) is 0 Å². The highest BCUT2D eigenvalue weighted by Crippen LogP contribution is 2.34. The molecule has 118 valence electrons. The Balaban J connectivity index is 2.13. The highest BCUT2D eigenvalue weighted by atomic mass is 16.5. The summed E-state index contributed by atoms with van der Waals surface area (Å²) in [5, 5.41) is 9.23. The van der Waals surface area contributed by atoms with Crippen LogP contribution in [0.5, 0.6) is 0 Å². The molecule has 0 amide bonds. The molecule has 2 atom stereocenters. The van der Waals surface area contributed by atoms with Gasteiger partial charge in [0.05, 0.1) is 25.0 Å². The minimum Gasteiger partial charge on any atom is -0.498 e. The van der Waals surface area contributed by atoms with Gasteiger partial charge in [0.25, 0.3) is 0 Å². The van der Waals surface area contributed by atoms with E-state index in [1.54, 1.807) is 0 Å². The molecular weight excluding hydrogens is 272 g/mol. The van der Waals surface area contributed by atoms with Crippen molar-refractivity contribution in [3.63, 3.8) is 0 Å². The van der Waals surface area contributed by atoms with E-state index in [0.29, 0.717) is 25.1 Å². The second-order valence-corrected chi connectivity index (χ2v) is 5.91. The maximum atomic E-state index is 9.23. The van der Waals surface area contributed by atoms with Gasteiger partial charge < -0.3 is 4.74 Å². The molecule has 1 aromatic carbocycles. The van der Waals surface area contributed by atoms with Gasteiger partial charge in [-0.2, -0.15) is 5.26 Å². The van der Waals surface area contributed by atoms with E-state index >= 15 is 0 Å². The predicted octanol–water partition coefficient (Wildman–Crippen LogP) is 4.12. The largest absolute Gasteiger partial charge is 0.498 e. The topological polar surface area (TPSA) is 36.3 Å². The molecule has 3 heteroatoms. The standard InChI is InChI=1S/C19H26N2O/c1-3-22-16(2)18-11-7-8-12-19(18)21(14-13-20)15-17-9-5-4-6-10-17/h4-6,9-10,18-19H,2-3,7-8,11-12,14-15H2,1H3/t18?,19-/m1/s1. The Kier molecular flexibility index (Phi) is 6.48. The minimum atomic E-state index is 0.339. The molecule has 1 saturated carbocycles. The molecule has 0 saturated heterocycles. The van der Waals surface area contributed by atoms with E-state index in [-0.39, 0.29) is 0 Å². The van der Waals surface area contributed by atoms with Gasteiger partial charge in [-0.1, -0.05) is 49.8 Å². The van der Waals surface area contributed by atoms with Gasteiger partial charge in [-0.25, -0.2) is 0 Å². The lowest BCUT2D eigenvalue weighted by Gasteiger charge is -2.39. The van der Waals surface area contributed by atoms with Crippen LogP contribution in [0.4, 0.5) is 0 Å². The van der Waals surface area contributed by atoms with Crippen LogP contribution in [0, 0.1) is 17.2 Å². The zero-order valence-corrected chi connectivity index (χ0v) is 13.5. The first-order valence-electron chi connectivity index (χ1n) is 8.22. The molecule has 1 unspecified atom stereocenters. The van der Waals surface area contributed by atoms with Gasteiger partial charge in [-0.05, 0) is 25.3 Å². The van der Waals surface area contributed by atoms with Crippen LogP contribution in [-0.4, -0.2) is 24.1 Å². The third kappa shape index (κ3) is 4.35. The maximum Gasteiger partial charge on any atom is 0.0934 e. The summed E-state index contributed by atoms with van der Waals surface area (Å²) in [7, 11) is 0. The number of hydrogen-bond acceptors (Lipinski definition) is 3. The SMILES string of the molecule is C=C(OCC)C1CCCC[C@H]1N(CC#N)Cc1ccccc1. The van der Waals surface area contributed by atoms with Crippen molar-refractivity contribution in [3.05, 3.63) is 48.2 Å². The van der Waals surface area contributed by atoms with Crippen molar-refractivity contribution in [2.45, 2.75) is 45.2 Å². The summed E-state index contributed by atoms with van der Waals surface area (Å²) in [5.74, 6) is 1.23.